The number of carbonyl (C=O) groups excluding carboxylic acids is 1. The first-order valence-electron chi connectivity index (χ1n) is 12.2. The zero-order valence-corrected chi connectivity index (χ0v) is 23.7. The number of hydrogen-bond acceptors (Lipinski definition) is 7. The topological polar surface area (TPSA) is 85.4 Å². The highest BCUT2D eigenvalue weighted by Gasteiger charge is 2.35. The van der Waals surface area contributed by atoms with Crippen molar-refractivity contribution in [2.75, 3.05) is 47.1 Å². The summed E-state index contributed by atoms with van der Waals surface area (Å²) < 4.78 is 44.7. The Morgan fingerprint density at radius 1 is 1.13 bits per heavy atom. The number of methoxy groups -OCH3 is 2. The van der Waals surface area contributed by atoms with Crippen LogP contribution in [-0.2, 0) is 26.0 Å². The molecule has 11 heteroatoms. The summed E-state index contributed by atoms with van der Waals surface area (Å²) in [4.78, 5) is 16.7. The fourth-order valence-corrected chi connectivity index (χ4v) is 6.89. The van der Waals surface area contributed by atoms with Gasteiger partial charge in [-0.1, -0.05) is 17.7 Å². The highest BCUT2D eigenvalue weighted by molar-refractivity contribution is 7.89. The molecule has 0 unspecified atom stereocenters. The number of fused-ring (bicyclic) bond motifs is 1. The second-order valence-corrected chi connectivity index (χ2v) is 12.2. The summed E-state index contributed by atoms with van der Waals surface area (Å²) in [6.45, 7) is 0.943. The lowest BCUT2D eigenvalue weighted by Gasteiger charge is -2.37. The maximum atomic E-state index is 13.7. The van der Waals surface area contributed by atoms with Crippen molar-refractivity contribution in [3.8, 4) is 11.5 Å². The zero-order chi connectivity index (χ0) is 27.1. The van der Waals surface area contributed by atoms with Crippen molar-refractivity contribution >= 4 is 38.9 Å². The number of halogens is 1. The van der Waals surface area contributed by atoms with Crippen molar-refractivity contribution in [3.05, 3.63) is 75.4 Å². The van der Waals surface area contributed by atoms with Crippen LogP contribution in [0.4, 0.5) is 0 Å². The van der Waals surface area contributed by atoms with Crippen molar-refractivity contribution < 1.29 is 27.4 Å². The Morgan fingerprint density at radius 2 is 1.89 bits per heavy atom. The van der Waals surface area contributed by atoms with Gasteiger partial charge in [-0.25, -0.2) is 8.42 Å². The molecule has 0 spiro atoms. The van der Waals surface area contributed by atoms with Crippen LogP contribution in [-0.4, -0.2) is 70.6 Å². The van der Waals surface area contributed by atoms with Crippen molar-refractivity contribution in [3.63, 3.8) is 0 Å². The van der Waals surface area contributed by atoms with Gasteiger partial charge in [0.2, 0.25) is 15.9 Å². The lowest BCUT2D eigenvalue weighted by molar-refractivity contribution is -0.135. The molecule has 1 atom stereocenters. The van der Waals surface area contributed by atoms with Crippen molar-refractivity contribution in [1.82, 2.24) is 9.21 Å². The first-order chi connectivity index (χ1) is 18.3. The van der Waals surface area contributed by atoms with Crippen LogP contribution in [0, 0.1) is 0 Å². The molecule has 1 amide bonds. The lowest BCUT2D eigenvalue weighted by Crippen LogP contribution is -2.48. The molecule has 0 saturated heterocycles. The first kappa shape index (κ1) is 28.4. The van der Waals surface area contributed by atoms with E-state index in [2.05, 4.69) is 0 Å². The number of ether oxygens (including phenoxy) is 3. The van der Waals surface area contributed by atoms with E-state index in [9.17, 15) is 13.2 Å². The van der Waals surface area contributed by atoms with Gasteiger partial charge in [-0.2, -0.15) is 4.31 Å². The monoisotopic (exact) mass is 578 g/mol. The third-order valence-corrected chi connectivity index (χ3v) is 9.49. The molecule has 38 heavy (non-hydrogen) atoms. The van der Waals surface area contributed by atoms with E-state index in [4.69, 9.17) is 25.8 Å². The summed E-state index contributed by atoms with van der Waals surface area (Å²) in [5.41, 5.74) is 1.03. The minimum atomic E-state index is -3.93. The van der Waals surface area contributed by atoms with Gasteiger partial charge < -0.3 is 19.1 Å². The van der Waals surface area contributed by atoms with E-state index in [1.165, 1.54) is 33.4 Å². The third-order valence-electron chi connectivity index (χ3n) is 6.38. The molecular formula is C27H31ClN2O6S2. The van der Waals surface area contributed by atoms with Gasteiger partial charge in [-0.15, -0.1) is 11.3 Å². The summed E-state index contributed by atoms with van der Waals surface area (Å²) in [6, 6.07) is 14.9. The molecule has 1 aromatic heterocycles. The van der Waals surface area contributed by atoms with E-state index in [0.29, 0.717) is 42.5 Å². The van der Waals surface area contributed by atoms with Crippen LogP contribution >= 0.6 is 22.9 Å². The molecular weight excluding hydrogens is 548 g/mol. The van der Waals surface area contributed by atoms with Crippen LogP contribution in [0.1, 0.15) is 22.9 Å². The van der Waals surface area contributed by atoms with Crippen LogP contribution in [0.2, 0.25) is 5.02 Å². The van der Waals surface area contributed by atoms with Gasteiger partial charge >= 0.3 is 0 Å². The van der Waals surface area contributed by atoms with Crippen LogP contribution < -0.4 is 9.47 Å². The lowest BCUT2D eigenvalue weighted by atomic mass is 10.0. The number of amides is 1. The summed E-state index contributed by atoms with van der Waals surface area (Å²) in [6.07, 6.45) is 1.16. The van der Waals surface area contributed by atoms with Gasteiger partial charge in [0, 0.05) is 42.8 Å². The molecule has 8 nitrogen and oxygen atoms in total. The minimum absolute atomic E-state index is 0.0868. The maximum absolute atomic E-state index is 13.7. The van der Waals surface area contributed by atoms with E-state index >= 15 is 0 Å². The van der Waals surface area contributed by atoms with Crippen molar-refractivity contribution in [2.24, 2.45) is 0 Å². The Labute approximate surface area is 232 Å². The maximum Gasteiger partial charge on any atom is 0.243 e. The summed E-state index contributed by atoms with van der Waals surface area (Å²) >= 11 is 7.62. The predicted octanol–water partition coefficient (Wildman–Crippen LogP) is 4.64. The number of sulfonamides is 1. The minimum Gasteiger partial charge on any atom is -0.497 e. The Bertz CT molecular complexity index is 1330. The van der Waals surface area contributed by atoms with Gasteiger partial charge in [0.15, 0.2) is 0 Å². The molecule has 2 aromatic carbocycles. The molecule has 0 aliphatic carbocycles. The molecule has 0 radical (unpaired) electrons. The zero-order valence-electron chi connectivity index (χ0n) is 21.3. The Balaban J connectivity index is 1.56. The van der Waals surface area contributed by atoms with Crippen LogP contribution in [0.25, 0.3) is 0 Å². The van der Waals surface area contributed by atoms with E-state index in [1.54, 1.807) is 36.5 Å². The summed E-state index contributed by atoms with van der Waals surface area (Å²) in [5, 5.41) is 2.45. The molecule has 0 fully saturated rings. The molecule has 204 valence electrons. The third kappa shape index (κ3) is 6.68. The number of thiophene rings is 1. The number of carbonyl (C=O) groups is 1. The van der Waals surface area contributed by atoms with Crippen LogP contribution in [0.3, 0.4) is 0 Å². The SMILES string of the molecule is COCCCN(CC(=O)N1CCc2sccc2[C@@H]1COc1cccc(OC)c1)S(=O)(=O)c1ccc(Cl)cc1. The normalized spacial score (nSPS) is 15.4. The Hall–Kier alpha value is -2.63. The van der Waals surface area contributed by atoms with Gasteiger partial charge in [0.25, 0.3) is 0 Å². The van der Waals surface area contributed by atoms with Gasteiger partial charge in [-0.3, -0.25) is 4.79 Å². The predicted molar refractivity (Wildman–Crippen MR) is 148 cm³/mol. The van der Waals surface area contributed by atoms with Gasteiger partial charge in [-0.05, 0) is 66.2 Å². The number of hydrogen-bond donors (Lipinski definition) is 0. The number of rotatable bonds is 12. The first-order valence-corrected chi connectivity index (χ1v) is 14.9. The molecule has 0 saturated carbocycles. The Morgan fingerprint density at radius 3 is 2.63 bits per heavy atom. The highest BCUT2D eigenvalue weighted by Crippen LogP contribution is 2.34. The Kier molecular flexibility index (Phi) is 9.67. The molecule has 0 N–H and O–H groups in total. The molecule has 0 bridgehead atoms. The van der Waals surface area contributed by atoms with Gasteiger partial charge in [0.1, 0.15) is 18.1 Å². The van der Waals surface area contributed by atoms with Crippen molar-refractivity contribution in [2.45, 2.75) is 23.8 Å². The van der Waals surface area contributed by atoms with Crippen LogP contribution in [0.5, 0.6) is 11.5 Å². The molecule has 4 rings (SSSR count). The quantitative estimate of drug-likeness (QED) is 0.291. The van der Waals surface area contributed by atoms with E-state index in [-0.39, 0.29) is 36.5 Å². The number of nitrogens with zero attached hydrogens (tertiary/aromatic N) is 2. The average Bonchev–Trinajstić information content (AvgIpc) is 3.41. The largest absolute Gasteiger partial charge is 0.497 e. The number of benzene rings is 2. The van der Waals surface area contributed by atoms with Crippen molar-refractivity contribution in [1.29, 1.82) is 0 Å². The summed E-state index contributed by atoms with van der Waals surface area (Å²) in [5.74, 6) is 1.02. The molecule has 1 aliphatic rings. The average molecular weight is 579 g/mol. The van der Waals surface area contributed by atoms with Gasteiger partial charge in [0.05, 0.1) is 24.6 Å². The second kappa shape index (κ2) is 12.9. The van der Waals surface area contributed by atoms with Crippen LogP contribution in [0.15, 0.2) is 64.9 Å². The smallest absolute Gasteiger partial charge is 0.243 e. The van der Waals surface area contributed by atoms with E-state index < -0.39 is 10.0 Å². The molecule has 3 aromatic rings. The molecule has 2 heterocycles. The standard InChI is InChI=1S/C27H31ClN2O6S2/c1-34-15-4-13-29(38(32,33)23-9-7-20(28)8-10-23)18-27(31)30-14-11-26-24(12-16-37-26)25(30)19-36-22-6-3-5-21(17-22)35-2/h3,5-10,12,16-17,25H,4,11,13-15,18-19H2,1-2H3/t25-/m0/s1. The second-order valence-electron chi connectivity index (χ2n) is 8.78. The summed E-state index contributed by atoms with van der Waals surface area (Å²) in [7, 11) is -0.784. The highest BCUT2D eigenvalue weighted by atomic mass is 35.5. The van der Waals surface area contributed by atoms with E-state index in [0.717, 1.165) is 5.56 Å². The fraction of sp³-hybridized carbons (Fsp3) is 0.370. The fourth-order valence-electron chi connectivity index (χ4n) is 4.41. The molecule has 1 aliphatic heterocycles. The van der Waals surface area contributed by atoms with E-state index in [1.807, 2.05) is 29.6 Å².